The lowest BCUT2D eigenvalue weighted by Crippen LogP contribution is -2.29. The number of amides is 1. The lowest BCUT2D eigenvalue weighted by molar-refractivity contribution is 0.194. The van der Waals surface area contributed by atoms with Crippen LogP contribution in [0.2, 0.25) is 0 Å². The van der Waals surface area contributed by atoms with Crippen LogP contribution in [0, 0.1) is 0 Å². The summed E-state index contributed by atoms with van der Waals surface area (Å²) in [6.45, 7) is 4.76. The van der Waals surface area contributed by atoms with Crippen molar-refractivity contribution in [3.8, 4) is 5.75 Å². The lowest BCUT2D eigenvalue weighted by atomic mass is 9.94. The van der Waals surface area contributed by atoms with Crippen molar-refractivity contribution in [3.63, 3.8) is 0 Å². The molecule has 0 atom stereocenters. The minimum Gasteiger partial charge on any atom is -0.493 e. The van der Waals surface area contributed by atoms with Gasteiger partial charge in [-0.3, -0.25) is 0 Å². The molecule has 2 aromatic heterocycles. The van der Waals surface area contributed by atoms with Gasteiger partial charge in [0.05, 0.1) is 7.11 Å². The van der Waals surface area contributed by atoms with Gasteiger partial charge in [0.1, 0.15) is 17.1 Å². The molecule has 2 N–H and O–H groups in total. The zero-order valence-corrected chi connectivity index (χ0v) is 23.1. The fourth-order valence-corrected chi connectivity index (χ4v) is 5.66. The SMILES string of the molecule is CN1CCC(c2cc3cccc(CNC(=O)O)c3o2)CC1.COc1cccc2cc(C3CCN(C)CC3)oc12. The maximum absolute atomic E-state index is 10.6. The molecule has 0 bridgehead atoms. The van der Waals surface area contributed by atoms with Crippen LogP contribution in [-0.2, 0) is 6.54 Å². The Morgan fingerprint density at radius 2 is 1.38 bits per heavy atom. The summed E-state index contributed by atoms with van der Waals surface area (Å²) in [6.07, 6.45) is 3.56. The van der Waals surface area contributed by atoms with Gasteiger partial charge in [-0.15, -0.1) is 0 Å². The van der Waals surface area contributed by atoms with E-state index in [0.29, 0.717) is 11.8 Å². The quantitative estimate of drug-likeness (QED) is 0.313. The Morgan fingerprint density at radius 1 is 0.872 bits per heavy atom. The van der Waals surface area contributed by atoms with E-state index in [1.165, 1.54) is 12.8 Å². The molecule has 4 aromatic rings. The maximum atomic E-state index is 10.6. The fourth-order valence-electron chi connectivity index (χ4n) is 5.66. The van der Waals surface area contributed by atoms with Gasteiger partial charge in [-0.2, -0.15) is 0 Å². The highest BCUT2D eigenvalue weighted by molar-refractivity contribution is 5.84. The number of carbonyl (C=O) groups is 1. The van der Waals surface area contributed by atoms with Crippen molar-refractivity contribution >= 4 is 28.0 Å². The molecule has 2 aliphatic heterocycles. The highest BCUT2D eigenvalue weighted by Crippen LogP contribution is 2.36. The topological polar surface area (TPSA) is 91.3 Å². The van der Waals surface area contributed by atoms with Gasteiger partial charge in [-0.25, -0.2) is 4.79 Å². The van der Waals surface area contributed by atoms with E-state index in [1.807, 2.05) is 30.3 Å². The molecule has 2 aromatic carbocycles. The Hall–Kier alpha value is -3.49. The van der Waals surface area contributed by atoms with Gasteiger partial charge >= 0.3 is 6.09 Å². The minimum atomic E-state index is -1.02. The van der Waals surface area contributed by atoms with Crippen LogP contribution in [0.3, 0.4) is 0 Å². The number of hydrogen-bond acceptors (Lipinski definition) is 6. The van der Waals surface area contributed by atoms with Gasteiger partial charge in [-0.05, 0) is 84.2 Å². The standard InChI is InChI=1S/C16H20N2O3.C15H19NO2/c1-18-7-5-11(6-8-18)14-9-12-3-2-4-13(15(12)21-14)10-17-16(19)20;1-16-8-6-11(7-9-16)14-10-12-4-3-5-13(17-2)15(12)18-14/h2-4,9,11,17H,5-8,10H2,1H3,(H,19,20);3-5,10-11H,6-9H2,1-2H3. The monoisotopic (exact) mass is 533 g/mol. The molecule has 2 saturated heterocycles. The molecule has 2 fully saturated rings. The predicted octanol–water partition coefficient (Wildman–Crippen LogP) is 6.26. The summed E-state index contributed by atoms with van der Waals surface area (Å²) in [4.78, 5) is 15.4. The third-order valence-corrected chi connectivity index (χ3v) is 8.06. The van der Waals surface area contributed by atoms with Gasteiger partial charge in [0.15, 0.2) is 11.3 Å². The van der Waals surface area contributed by atoms with E-state index >= 15 is 0 Å². The van der Waals surface area contributed by atoms with Crippen LogP contribution in [0.4, 0.5) is 4.79 Å². The number of furan rings is 2. The number of methoxy groups -OCH3 is 1. The van der Waals surface area contributed by atoms with Crippen molar-refractivity contribution in [1.82, 2.24) is 15.1 Å². The summed E-state index contributed by atoms with van der Waals surface area (Å²) >= 11 is 0. The first-order valence-electron chi connectivity index (χ1n) is 13.8. The van der Waals surface area contributed by atoms with Crippen molar-refractivity contribution in [3.05, 3.63) is 65.6 Å². The number of carboxylic acid groups (broad SMARTS) is 1. The molecule has 8 heteroatoms. The second kappa shape index (κ2) is 12.1. The van der Waals surface area contributed by atoms with Crippen LogP contribution in [0.1, 0.15) is 54.6 Å². The number of nitrogens with zero attached hydrogens (tertiary/aromatic N) is 2. The summed E-state index contributed by atoms with van der Waals surface area (Å²) in [5, 5.41) is 13.3. The molecule has 0 aliphatic carbocycles. The Labute approximate surface area is 229 Å². The zero-order chi connectivity index (χ0) is 27.4. The number of benzene rings is 2. The predicted molar refractivity (Wildman–Crippen MR) is 153 cm³/mol. The Bertz CT molecular complexity index is 1390. The smallest absolute Gasteiger partial charge is 0.404 e. The first-order valence-corrected chi connectivity index (χ1v) is 13.8. The van der Waals surface area contributed by atoms with Crippen LogP contribution in [-0.4, -0.2) is 68.4 Å². The molecular weight excluding hydrogens is 494 g/mol. The van der Waals surface area contributed by atoms with E-state index in [-0.39, 0.29) is 6.54 Å². The third kappa shape index (κ3) is 6.40. The number of piperidine rings is 2. The zero-order valence-electron chi connectivity index (χ0n) is 23.1. The number of fused-ring (bicyclic) bond motifs is 2. The summed E-state index contributed by atoms with van der Waals surface area (Å²) in [6, 6.07) is 16.2. The summed E-state index contributed by atoms with van der Waals surface area (Å²) in [7, 11) is 6.01. The van der Waals surface area contributed by atoms with Gasteiger partial charge in [-0.1, -0.05) is 30.3 Å². The number of nitrogens with one attached hydrogen (secondary N) is 1. The van der Waals surface area contributed by atoms with E-state index in [1.54, 1.807) is 7.11 Å². The largest absolute Gasteiger partial charge is 0.493 e. The van der Waals surface area contributed by atoms with E-state index in [4.69, 9.17) is 18.7 Å². The molecule has 0 saturated carbocycles. The average molecular weight is 534 g/mol. The fraction of sp³-hybridized carbons (Fsp3) is 0.452. The normalized spacial score (nSPS) is 17.7. The van der Waals surface area contributed by atoms with Crippen LogP contribution in [0.5, 0.6) is 5.75 Å². The van der Waals surface area contributed by atoms with Crippen molar-refractivity contribution in [2.45, 2.75) is 44.1 Å². The molecule has 39 heavy (non-hydrogen) atoms. The van der Waals surface area contributed by atoms with Crippen molar-refractivity contribution in [2.75, 3.05) is 47.4 Å². The van der Waals surface area contributed by atoms with Gasteiger partial charge in [0.25, 0.3) is 0 Å². The highest BCUT2D eigenvalue weighted by atomic mass is 16.5. The highest BCUT2D eigenvalue weighted by Gasteiger charge is 2.23. The number of para-hydroxylation sites is 2. The molecule has 6 rings (SSSR count). The van der Waals surface area contributed by atoms with Gasteiger partial charge in [0, 0.05) is 34.7 Å². The van der Waals surface area contributed by atoms with Crippen molar-refractivity contribution in [2.24, 2.45) is 0 Å². The number of likely N-dealkylation sites (tertiary alicyclic amines) is 2. The summed E-state index contributed by atoms with van der Waals surface area (Å²) < 4.78 is 17.4. The average Bonchev–Trinajstić information content (AvgIpc) is 3.58. The molecule has 2 aliphatic rings. The van der Waals surface area contributed by atoms with Crippen molar-refractivity contribution < 1.29 is 23.5 Å². The molecule has 208 valence electrons. The van der Waals surface area contributed by atoms with Gasteiger partial charge in [0.2, 0.25) is 0 Å². The lowest BCUT2D eigenvalue weighted by Gasteiger charge is -2.27. The van der Waals surface area contributed by atoms with E-state index < -0.39 is 6.09 Å². The molecule has 0 radical (unpaired) electrons. The Balaban J connectivity index is 0.000000160. The van der Waals surface area contributed by atoms with E-state index in [2.05, 4.69) is 47.4 Å². The second-order valence-corrected chi connectivity index (χ2v) is 10.8. The van der Waals surface area contributed by atoms with Crippen molar-refractivity contribution in [1.29, 1.82) is 0 Å². The van der Waals surface area contributed by atoms with Crippen LogP contribution < -0.4 is 10.1 Å². The Kier molecular flexibility index (Phi) is 8.43. The second-order valence-electron chi connectivity index (χ2n) is 10.8. The first-order chi connectivity index (χ1) is 18.9. The summed E-state index contributed by atoms with van der Waals surface area (Å²) in [5.41, 5.74) is 2.57. The molecular formula is C31H39N3O5. The number of ether oxygens (including phenoxy) is 1. The van der Waals surface area contributed by atoms with E-state index in [0.717, 1.165) is 83.8 Å². The van der Waals surface area contributed by atoms with Crippen LogP contribution in [0.25, 0.3) is 21.9 Å². The summed E-state index contributed by atoms with van der Waals surface area (Å²) in [5.74, 6) is 3.99. The molecule has 0 unspecified atom stereocenters. The molecule has 4 heterocycles. The number of rotatable bonds is 5. The third-order valence-electron chi connectivity index (χ3n) is 8.06. The molecule has 1 amide bonds. The van der Waals surface area contributed by atoms with Crippen LogP contribution >= 0.6 is 0 Å². The Morgan fingerprint density at radius 3 is 1.92 bits per heavy atom. The van der Waals surface area contributed by atoms with Crippen LogP contribution in [0.15, 0.2) is 57.4 Å². The van der Waals surface area contributed by atoms with Gasteiger partial charge < -0.3 is 33.8 Å². The number of hydrogen-bond donors (Lipinski definition) is 2. The molecule has 0 spiro atoms. The first kappa shape index (κ1) is 27.1. The maximum Gasteiger partial charge on any atom is 0.404 e. The van der Waals surface area contributed by atoms with E-state index in [9.17, 15) is 4.79 Å². The minimum absolute atomic E-state index is 0.271. The molecule has 8 nitrogen and oxygen atoms in total.